The van der Waals surface area contributed by atoms with Crippen LogP contribution < -0.4 is 16.0 Å². The number of benzene rings is 4. The summed E-state index contributed by atoms with van der Waals surface area (Å²) >= 11 is 10.5. The van der Waals surface area contributed by atoms with Gasteiger partial charge in [-0.3, -0.25) is 14.4 Å². The first-order valence-electron chi connectivity index (χ1n) is 12.5. The van der Waals surface area contributed by atoms with Crippen LogP contribution in [0.15, 0.2) is 106 Å². The highest BCUT2D eigenvalue weighted by atomic mass is 79.9. The normalized spacial score (nSPS) is 11.9. The minimum Gasteiger partial charge on any atom is -0.323 e. The van der Waals surface area contributed by atoms with Crippen LogP contribution in [-0.4, -0.2) is 23.0 Å². The lowest BCUT2D eigenvalue weighted by Crippen LogP contribution is -2.30. The third-order valence-electron chi connectivity index (χ3n) is 5.78. The van der Waals surface area contributed by atoms with Crippen molar-refractivity contribution in [2.75, 3.05) is 10.6 Å². The highest BCUT2D eigenvalue weighted by Crippen LogP contribution is 2.28. The van der Waals surface area contributed by atoms with Crippen molar-refractivity contribution in [1.82, 2.24) is 5.32 Å². The zero-order chi connectivity index (χ0) is 30.2. The minimum atomic E-state index is -0.725. The van der Waals surface area contributed by atoms with Crippen LogP contribution in [0.2, 0.25) is 5.02 Å². The van der Waals surface area contributed by atoms with Gasteiger partial charge in [-0.15, -0.1) is 11.8 Å². The Morgan fingerprint density at radius 3 is 2.33 bits per heavy atom. The van der Waals surface area contributed by atoms with Crippen molar-refractivity contribution in [3.63, 3.8) is 0 Å². The first kappa shape index (κ1) is 31.0. The Balaban J connectivity index is 1.51. The summed E-state index contributed by atoms with van der Waals surface area (Å²) in [5, 5.41) is 7.26. The summed E-state index contributed by atoms with van der Waals surface area (Å²) in [6, 6.07) is 23.3. The number of hydrogen-bond donors (Lipinski definition) is 3. The molecule has 0 saturated carbocycles. The molecule has 0 heterocycles. The monoisotopic (exact) mass is 669 g/mol. The van der Waals surface area contributed by atoms with E-state index in [0.29, 0.717) is 20.6 Å². The molecule has 3 amide bonds. The number of amides is 3. The van der Waals surface area contributed by atoms with Crippen LogP contribution in [0.3, 0.4) is 0 Å². The van der Waals surface area contributed by atoms with Crippen molar-refractivity contribution in [1.29, 1.82) is 0 Å². The summed E-state index contributed by atoms with van der Waals surface area (Å²) in [7, 11) is 0. The van der Waals surface area contributed by atoms with Gasteiger partial charge >= 0.3 is 0 Å². The van der Waals surface area contributed by atoms with E-state index in [1.807, 2.05) is 0 Å². The van der Waals surface area contributed by atoms with Gasteiger partial charge in [0.15, 0.2) is 0 Å². The minimum absolute atomic E-state index is 0.0583. The van der Waals surface area contributed by atoms with E-state index in [-0.39, 0.29) is 22.0 Å². The van der Waals surface area contributed by atoms with Crippen LogP contribution in [0.1, 0.15) is 22.8 Å². The maximum absolute atomic E-state index is 14.5. The molecule has 0 aromatic heterocycles. The maximum atomic E-state index is 14.5. The Morgan fingerprint density at radius 2 is 1.62 bits per heavy atom. The van der Waals surface area contributed by atoms with Crippen LogP contribution in [0.4, 0.5) is 20.2 Å². The molecule has 4 aromatic rings. The van der Waals surface area contributed by atoms with Gasteiger partial charge in [0, 0.05) is 26.2 Å². The van der Waals surface area contributed by atoms with Gasteiger partial charge in [0.1, 0.15) is 17.3 Å². The van der Waals surface area contributed by atoms with E-state index in [1.165, 1.54) is 48.2 Å². The summed E-state index contributed by atoms with van der Waals surface area (Å²) in [4.78, 5) is 39.5. The average molecular weight is 671 g/mol. The first-order valence-corrected chi connectivity index (χ1v) is 14.5. The largest absolute Gasteiger partial charge is 0.323 e. The standard InChI is InChI=1S/C31H23BrClF2N3O3S/c1-18(29(39)37-27-14-13-20(32)15-26(27)35)42-22-10-5-9-21(16-22)36-31(41)28(17-23-24(33)11-6-12-25(23)34)38-30(40)19-7-3-2-4-8-19/h2-18H,1H3,(H,36,41)(H,37,39)(H,38,40)/b28-17+. The maximum Gasteiger partial charge on any atom is 0.272 e. The van der Waals surface area contributed by atoms with Crippen LogP contribution in [0.25, 0.3) is 6.08 Å². The molecular formula is C31H23BrClF2N3O3S. The lowest BCUT2D eigenvalue weighted by atomic mass is 10.1. The predicted octanol–water partition coefficient (Wildman–Crippen LogP) is 7.91. The topological polar surface area (TPSA) is 87.3 Å². The van der Waals surface area contributed by atoms with Crippen molar-refractivity contribution in [3.05, 3.63) is 129 Å². The second-order valence-corrected chi connectivity index (χ2v) is 11.6. The molecule has 0 spiro atoms. The van der Waals surface area contributed by atoms with Crippen LogP contribution in [0, 0.1) is 11.6 Å². The van der Waals surface area contributed by atoms with Crippen molar-refractivity contribution >= 4 is 74.5 Å². The van der Waals surface area contributed by atoms with E-state index in [4.69, 9.17) is 11.6 Å². The Kier molecular flexibility index (Phi) is 10.5. The van der Waals surface area contributed by atoms with Crippen molar-refractivity contribution in [2.24, 2.45) is 0 Å². The average Bonchev–Trinajstić information content (AvgIpc) is 2.96. The predicted molar refractivity (Wildman–Crippen MR) is 166 cm³/mol. The van der Waals surface area contributed by atoms with Gasteiger partial charge in [0.25, 0.3) is 11.8 Å². The zero-order valence-corrected chi connectivity index (χ0v) is 25.1. The molecule has 1 atom stereocenters. The van der Waals surface area contributed by atoms with E-state index in [0.717, 1.165) is 0 Å². The highest BCUT2D eigenvalue weighted by molar-refractivity contribution is 9.10. The van der Waals surface area contributed by atoms with Crippen LogP contribution in [0.5, 0.6) is 0 Å². The van der Waals surface area contributed by atoms with Gasteiger partial charge in [0.05, 0.1) is 16.0 Å². The zero-order valence-electron chi connectivity index (χ0n) is 22.0. The summed E-state index contributed by atoms with van der Waals surface area (Å²) in [6.45, 7) is 1.67. The Hall–Kier alpha value is -3.99. The molecule has 0 aliphatic carbocycles. The molecule has 1 unspecified atom stereocenters. The highest BCUT2D eigenvalue weighted by Gasteiger charge is 2.19. The van der Waals surface area contributed by atoms with E-state index >= 15 is 0 Å². The van der Waals surface area contributed by atoms with E-state index in [2.05, 4.69) is 31.9 Å². The van der Waals surface area contributed by atoms with Crippen molar-refractivity contribution < 1.29 is 23.2 Å². The number of carbonyl (C=O) groups excluding carboxylic acids is 3. The molecule has 0 bridgehead atoms. The number of hydrogen-bond acceptors (Lipinski definition) is 4. The molecule has 0 aliphatic rings. The molecule has 4 rings (SSSR count). The van der Waals surface area contributed by atoms with Gasteiger partial charge in [-0.2, -0.15) is 0 Å². The summed E-state index contributed by atoms with van der Waals surface area (Å²) in [5.41, 5.74) is 0.409. The number of carbonyl (C=O) groups is 3. The fourth-order valence-corrected chi connectivity index (χ4v) is 5.14. The van der Waals surface area contributed by atoms with Crippen molar-refractivity contribution in [2.45, 2.75) is 17.1 Å². The van der Waals surface area contributed by atoms with Gasteiger partial charge < -0.3 is 16.0 Å². The molecular weight excluding hydrogens is 648 g/mol. The summed E-state index contributed by atoms with van der Waals surface area (Å²) < 4.78 is 29.2. The van der Waals surface area contributed by atoms with E-state index in [9.17, 15) is 23.2 Å². The number of nitrogens with one attached hydrogen (secondary N) is 3. The second kappa shape index (κ2) is 14.3. The molecule has 214 valence electrons. The number of thioether (sulfide) groups is 1. The van der Waals surface area contributed by atoms with Gasteiger partial charge in [0.2, 0.25) is 5.91 Å². The molecule has 0 saturated heterocycles. The quantitative estimate of drug-likeness (QED) is 0.125. The molecule has 11 heteroatoms. The SMILES string of the molecule is CC(Sc1cccc(NC(=O)/C(=C\c2c(F)cccc2Cl)NC(=O)c2ccccc2)c1)C(=O)Nc1ccc(Br)cc1F. The smallest absolute Gasteiger partial charge is 0.272 e. The van der Waals surface area contributed by atoms with Crippen molar-refractivity contribution in [3.8, 4) is 0 Å². The Bertz CT molecular complexity index is 1650. The summed E-state index contributed by atoms with van der Waals surface area (Å²) in [6.07, 6.45) is 1.17. The van der Waals surface area contributed by atoms with Gasteiger partial charge in [-0.1, -0.05) is 57.9 Å². The molecule has 0 fully saturated rings. The van der Waals surface area contributed by atoms with Gasteiger partial charge in [-0.25, -0.2) is 8.78 Å². The number of anilines is 2. The Labute approximate surface area is 258 Å². The summed E-state index contributed by atoms with van der Waals surface area (Å²) in [5.74, 6) is -2.95. The number of rotatable bonds is 9. The fraction of sp³-hybridized carbons (Fsp3) is 0.0645. The molecule has 4 aromatic carbocycles. The lowest BCUT2D eigenvalue weighted by Gasteiger charge is -2.14. The lowest BCUT2D eigenvalue weighted by molar-refractivity contribution is -0.115. The fourth-order valence-electron chi connectivity index (χ4n) is 3.66. The third-order valence-corrected chi connectivity index (χ3v) is 7.70. The second-order valence-electron chi connectivity index (χ2n) is 8.87. The van der Waals surface area contributed by atoms with E-state index < -0.39 is 34.6 Å². The number of halogens is 4. The Morgan fingerprint density at radius 1 is 0.881 bits per heavy atom. The third kappa shape index (κ3) is 8.28. The molecule has 0 radical (unpaired) electrons. The molecule has 0 aliphatic heterocycles. The van der Waals surface area contributed by atoms with Crippen LogP contribution >= 0.6 is 39.3 Å². The first-order chi connectivity index (χ1) is 20.1. The van der Waals surface area contributed by atoms with E-state index in [1.54, 1.807) is 67.6 Å². The van der Waals surface area contributed by atoms with Gasteiger partial charge in [-0.05, 0) is 73.7 Å². The van der Waals surface area contributed by atoms with Crippen LogP contribution in [-0.2, 0) is 9.59 Å². The molecule has 42 heavy (non-hydrogen) atoms. The molecule has 3 N–H and O–H groups in total. The molecule has 6 nitrogen and oxygen atoms in total.